The zero-order chi connectivity index (χ0) is 27.6. The van der Waals surface area contributed by atoms with Crippen molar-refractivity contribution in [2.75, 3.05) is 0 Å². The molecule has 1 radical (unpaired) electrons. The van der Waals surface area contributed by atoms with Gasteiger partial charge < -0.3 is 20.6 Å². The molecule has 10 nitrogen and oxygen atoms in total. The number of phenols is 1. The van der Waals surface area contributed by atoms with Crippen LogP contribution in [0.15, 0.2) is 85.3 Å². The van der Waals surface area contributed by atoms with E-state index in [9.17, 15) is 24.8 Å². The molecule has 3 aromatic heterocycles. The Kier molecular flexibility index (Phi) is 9.33. The van der Waals surface area contributed by atoms with Gasteiger partial charge in [0.25, 0.3) is 5.91 Å². The topological polar surface area (TPSA) is 149 Å². The van der Waals surface area contributed by atoms with Gasteiger partial charge in [-0.25, -0.2) is 4.79 Å². The molecule has 1 atom stereocenters. The molecule has 4 N–H and O–H groups in total. The zero-order valence-electron chi connectivity index (χ0n) is 21.0. The van der Waals surface area contributed by atoms with Crippen molar-refractivity contribution >= 4 is 19.4 Å². The maximum atomic E-state index is 12.8. The molecular weight excluding hydrogens is 497 g/mol. The highest BCUT2D eigenvalue weighted by molar-refractivity contribution is 6.28. The lowest BCUT2D eigenvalue weighted by molar-refractivity contribution is 0.0693. The van der Waals surface area contributed by atoms with E-state index in [4.69, 9.17) is 0 Å². The van der Waals surface area contributed by atoms with Crippen LogP contribution in [0.4, 0.5) is 0 Å². The number of carboxylic acids is 1. The summed E-state index contributed by atoms with van der Waals surface area (Å²) in [5.41, 5.74) is 2.89. The van der Waals surface area contributed by atoms with Crippen LogP contribution < -0.4 is 5.32 Å². The standard InChI is InChI=1S/C28H27BN5O5/c35-26-19(6-5-9-24(26)28(37)38)14-25(29-39)33-27(36)20-10-11-23(32-15-20)18-34(16-21-7-1-3-12-30-21)17-22-8-2-4-13-31-22/h1-13,15,25,35,39H,14,16-18H2,(H,33,36)(H,37,38)/t25-/m1/s1. The molecule has 0 unspecified atom stereocenters. The number of hydrogen-bond acceptors (Lipinski definition) is 8. The Morgan fingerprint density at radius 1 is 0.846 bits per heavy atom. The highest BCUT2D eigenvalue weighted by Gasteiger charge is 2.20. The Morgan fingerprint density at radius 2 is 1.49 bits per heavy atom. The van der Waals surface area contributed by atoms with Crippen LogP contribution in [0.3, 0.4) is 0 Å². The summed E-state index contributed by atoms with van der Waals surface area (Å²) in [4.78, 5) is 39.5. The molecule has 0 spiro atoms. The van der Waals surface area contributed by atoms with Gasteiger partial charge in [-0.2, -0.15) is 0 Å². The first-order valence-corrected chi connectivity index (χ1v) is 12.2. The summed E-state index contributed by atoms with van der Waals surface area (Å²) in [7, 11) is 0.791. The number of nitrogens with one attached hydrogen (secondary N) is 1. The van der Waals surface area contributed by atoms with Crippen LogP contribution in [0, 0.1) is 0 Å². The normalized spacial score (nSPS) is 11.6. The second-order valence-corrected chi connectivity index (χ2v) is 8.88. The Morgan fingerprint density at radius 3 is 2.00 bits per heavy atom. The molecule has 4 aromatic rings. The summed E-state index contributed by atoms with van der Waals surface area (Å²) in [6, 6.07) is 19.2. The van der Waals surface area contributed by atoms with Crippen molar-refractivity contribution < 1.29 is 24.8 Å². The molecule has 0 bridgehead atoms. The molecule has 4 rings (SSSR count). The molecular formula is C28H27BN5O5. The molecule has 0 fully saturated rings. The number of carbonyl (C=O) groups excluding carboxylic acids is 1. The summed E-state index contributed by atoms with van der Waals surface area (Å²) in [5.74, 6) is -3.01. The van der Waals surface area contributed by atoms with Crippen LogP contribution >= 0.6 is 0 Å². The minimum absolute atomic E-state index is 0.00327. The quantitative estimate of drug-likeness (QED) is 0.205. The SMILES string of the molecule is O=C(N[C@@H]([B]O)Cc1cccc(C(=O)O)c1O)c1ccc(CN(Cc2ccccn2)Cc2ccccn2)nc1. The Bertz CT molecular complexity index is 1350. The predicted molar refractivity (Wildman–Crippen MR) is 144 cm³/mol. The van der Waals surface area contributed by atoms with Gasteiger partial charge in [-0.05, 0) is 54.4 Å². The number of pyridine rings is 3. The summed E-state index contributed by atoms with van der Waals surface area (Å²) in [6.45, 7) is 1.68. The second-order valence-electron chi connectivity index (χ2n) is 8.88. The minimum atomic E-state index is -1.27. The third-order valence-electron chi connectivity index (χ3n) is 5.98. The van der Waals surface area contributed by atoms with E-state index >= 15 is 0 Å². The molecule has 0 aliphatic rings. The lowest BCUT2D eigenvalue weighted by Gasteiger charge is -2.21. The van der Waals surface area contributed by atoms with E-state index in [0.717, 1.165) is 24.6 Å². The average Bonchev–Trinajstić information content (AvgIpc) is 2.95. The first-order chi connectivity index (χ1) is 18.9. The molecule has 0 saturated carbocycles. The summed E-state index contributed by atoms with van der Waals surface area (Å²) in [6.07, 6.45) is 4.96. The lowest BCUT2D eigenvalue weighted by atomic mass is 9.82. The fraction of sp³-hybridized carbons (Fsp3) is 0.179. The Hall–Kier alpha value is -4.61. The van der Waals surface area contributed by atoms with Gasteiger partial charge in [-0.3, -0.25) is 24.6 Å². The fourth-order valence-electron chi connectivity index (χ4n) is 4.05. The minimum Gasteiger partial charge on any atom is -0.507 e. The van der Waals surface area contributed by atoms with Crippen molar-refractivity contribution in [3.05, 3.63) is 119 Å². The lowest BCUT2D eigenvalue weighted by Crippen LogP contribution is -2.41. The Balaban J connectivity index is 1.41. The Labute approximate surface area is 226 Å². The van der Waals surface area contributed by atoms with Gasteiger partial charge in [0.05, 0.1) is 22.6 Å². The van der Waals surface area contributed by atoms with Crippen molar-refractivity contribution in [3.8, 4) is 5.75 Å². The number of benzene rings is 1. The first-order valence-electron chi connectivity index (χ1n) is 12.2. The number of aromatic nitrogens is 3. The molecule has 11 heteroatoms. The van der Waals surface area contributed by atoms with Crippen LogP contribution in [0.2, 0.25) is 0 Å². The van der Waals surface area contributed by atoms with E-state index in [2.05, 4.69) is 25.2 Å². The van der Waals surface area contributed by atoms with Gasteiger partial charge in [-0.1, -0.05) is 24.3 Å². The summed E-state index contributed by atoms with van der Waals surface area (Å²) in [5, 5.41) is 31.8. The molecule has 1 aromatic carbocycles. The highest BCUT2D eigenvalue weighted by Crippen LogP contribution is 2.23. The number of amides is 1. The largest absolute Gasteiger partial charge is 0.507 e. The molecule has 39 heavy (non-hydrogen) atoms. The van der Waals surface area contributed by atoms with Gasteiger partial charge >= 0.3 is 13.5 Å². The van der Waals surface area contributed by atoms with Crippen molar-refractivity contribution in [1.29, 1.82) is 0 Å². The highest BCUT2D eigenvalue weighted by atomic mass is 16.4. The number of aromatic hydroxyl groups is 1. The van der Waals surface area contributed by atoms with Gasteiger partial charge in [-0.15, -0.1) is 0 Å². The van der Waals surface area contributed by atoms with E-state index in [1.807, 2.05) is 36.4 Å². The van der Waals surface area contributed by atoms with Gasteiger partial charge in [0.1, 0.15) is 11.3 Å². The maximum Gasteiger partial charge on any atom is 0.339 e. The monoisotopic (exact) mass is 524 g/mol. The van der Waals surface area contributed by atoms with E-state index < -0.39 is 23.6 Å². The van der Waals surface area contributed by atoms with E-state index in [1.54, 1.807) is 24.5 Å². The molecule has 0 aliphatic carbocycles. The number of carboxylic acid groups (broad SMARTS) is 1. The number of nitrogens with zero attached hydrogens (tertiary/aromatic N) is 4. The summed E-state index contributed by atoms with van der Waals surface area (Å²) < 4.78 is 0. The second kappa shape index (κ2) is 13.3. The molecule has 3 heterocycles. The van der Waals surface area contributed by atoms with Crippen molar-refractivity contribution in [2.45, 2.75) is 32.0 Å². The first kappa shape index (κ1) is 27.4. The number of carbonyl (C=O) groups is 2. The molecule has 197 valence electrons. The number of para-hydroxylation sites is 1. The van der Waals surface area contributed by atoms with E-state index in [-0.39, 0.29) is 23.1 Å². The van der Waals surface area contributed by atoms with Crippen LogP contribution in [-0.4, -0.2) is 60.4 Å². The fourth-order valence-corrected chi connectivity index (χ4v) is 4.05. The average molecular weight is 524 g/mol. The van der Waals surface area contributed by atoms with Gasteiger partial charge in [0.2, 0.25) is 0 Å². The van der Waals surface area contributed by atoms with Crippen LogP contribution in [-0.2, 0) is 26.1 Å². The number of aromatic carboxylic acids is 1. The number of hydrogen-bond donors (Lipinski definition) is 4. The molecule has 0 aliphatic heterocycles. The van der Waals surface area contributed by atoms with Gasteiger partial charge in [0.15, 0.2) is 0 Å². The van der Waals surface area contributed by atoms with Crippen LogP contribution in [0.25, 0.3) is 0 Å². The third-order valence-corrected chi connectivity index (χ3v) is 5.98. The summed E-state index contributed by atoms with van der Waals surface area (Å²) >= 11 is 0. The van der Waals surface area contributed by atoms with Crippen molar-refractivity contribution in [2.24, 2.45) is 0 Å². The molecule has 0 saturated heterocycles. The molecule has 1 amide bonds. The van der Waals surface area contributed by atoms with Crippen LogP contribution in [0.1, 0.15) is 43.4 Å². The smallest absolute Gasteiger partial charge is 0.339 e. The van der Waals surface area contributed by atoms with Crippen LogP contribution in [0.5, 0.6) is 5.75 Å². The predicted octanol–water partition coefficient (Wildman–Crippen LogP) is 2.39. The van der Waals surface area contributed by atoms with E-state index in [0.29, 0.717) is 19.6 Å². The third kappa shape index (κ3) is 7.70. The van der Waals surface area contributed by atoms with E-state index in [1.165, 1.54) is 24.4 Å². The van der Waals surface area contributed by atoms with Gasteiger partial charge in [0, 0.05) is 44.2 Å². The van der Waals surface area contributed by atoms with Crippen molar-refractivity contribution in [3.63, 3.8) is 0 Å². The van der Waals surface area contributed by atoms with Crippen molar-refractivity contribution in [1.82, 2.24) is 25.2 Å². The number of rotatable bonds is 12. The maximum absolute atomic E-state index is 12.8. The zero-order valence-corrected chi connectivity index (χ0v) is 21.0.